The first-order valence-electron chi connectivity index (χ1n) is 11.8. The van der Waals surface area contributed by atoms with E-state index >= 15 is 0 Å². The summed E-state index contributed by atoms with van der Waals surface area (Å²) in [7, 11) is 0. The maximum absolute atomic E-state index is 12.6. The fourth-order valence-corrected chi connectivity index (χ4v) is 4.82. The van der Waals surface area contributed by atoms with E-state index in [2.05, 4.69) is 25.6 Å². The van der Waals surface area contributed by atoms with Gasteiger partial charge in [-0.3, -0.25) is 25.2 Å². The lowest BCUT2D eigenvalue weighted by molar-refractivity contribution is -0.137. The van der Waals surface area contributed by atoms with Gasteiger partial charge in [-0.25, -0.2) is 14.8 Å². The Balaban J connectivity index is 1.14. The van der Waals surface area contributed by atoms with Gasteiger partial charge in [-0.15, -0.1) is 0 Å². The molecule has 0 saturated carbocycles. The second kappa shape index (κ2) is 9.01. The van der Waals surface area contributed by atoms with Crippen LogP contribution in [0.1, 0.15) is 30.1 Å². The largest absolute Gasteiger partial charge is 0.475 e. The van der Waals surface area contributed by atoms with Crippen molar-refractivity contribution >= 4 is 29.4 Å². The number of aliphatic imine (C=N–C) groups is 1. The number of carbonyl (C=O) groups excluding carboxylic acids is 3. The SMILES string of the molecule is O=C1NC(=O)C2(CCCN2c2ccc(Oc3ccc(C4=NC(c5ccccn5)CO4)cc3)nc2)C(=O)N1. The Hall–Kier alpha value is -4.80. The third kappa shape index (κ3) is 4.03. The van der Waals surface area contributed by atoms with Gasteiger partial charge in [-0.05, 0) is 55.3 Å². The van der Waals surface area contributed by atoms with E-state index in [1.165, 1.54) is 0 Å². The maximum Gasteiger partial charge on any atom is 0.328 e. The molecule has 3 aliphatic heterocycles. The summed E-state index contributed by atoms with van der Waals surface area (Å²) >= 11 is 0. The summed E-state index contributed by atoms with van der Waals surface area (Å²) in [6.07, 6.45) is 4.22. The van der Waals surface area contributed by atoms with Crippen molar-refractivity contribution in [2.75, 3.05) is 18.1 Å². The van der Waals surface area contributed by atoms with Crippen molar-refractivity contribution in [1.82, 2.24) is 20.6 Å². The molecule has 2 N–H and O–H groups in total. The van der Waals surface area contributed by atoms with Gasteiger partial charge in [0.15, 0.2) is 5.54 Å². The number of urea groups is 1. The molecule has 1 unspecified atom stereocenters. The molecule has 0 radical (unpaired) electrons. The molecular weight excluding hydrogens is 476 g/mol. The quantitative estimate of drug-likeness (QED) is 0.513. The van der Waals surface area contributed by atoms with E-state index in [-0.39, 0.29) is 6.04 Å². The predicted molar refractivity (Wildman–Crippen MR) is 131 cm³/mol. The van der Waals surface area contributed by atoms with E-state index in [9.17, 15) is 14.4 Å². The summed E-state index contributed by atoms with van der Waals surface area (Å²) in [5, 5.41) is 4.41. The van der Waals surface area contributed by atoms with Crippen LogP contribution in [0.2, 0.25) is 0 Å². The number of rotatable bonds is 5. The normalized spacial score (nSPS) is 20.3. The minimum absolute atomic E-state index is 0.129. The first kappa shape index (κ1) is 22.7. The van der Waals surface area contributed by atoms with Crippen LogP contribution in [0.5, 0.6) is 11.6 Å². The molecular formula is C26H22N6O5. The van der Waals surface area contributed by atoms with Crippen LogP contribution in [0, 0.1) is 0 Å². The minimum atomic E-state index is -1.46. The van der Waals surface area contributed by atoms with Gasteiger partial charge in [0.2, 0.25) is 11.8 Å². The van der Waals surface area contributed by atoms with E-state index in [1.54, 1.807) is 41.6 Å². The van der Waals surface area contributed by atoms with Crippen LogP contribution in [0.4, 0.5) is 10.5 Å². The molecule has 0 bridgehead atoms. The van der Waals surface area contributed by atoms with Crippen LogP contribution in [0.3, 0.4) is 0 Å². The van der Waals surface area contributed by atoms with Crippen molar-refractivity contribution in [2.45, 2.75) is 24.4 Å². The number of amides is 4. The second-order valence-corrected chi connectivity index (χ2v) is 8.85. The van der Waals surface area contributed by atoms with Crippen LogP contribution in [0.25, 0.3) is 0 Å². The average molecular weight is 498 g/mol. The number of barbiturate groups is 1. The summed E-state index contributed by atoms with van der Waals surface area (Å²) in [6, 6.07) is 15.5. The van der Waals surface area contributed by atoms with Crippen LogP contribution >= 0.6 is 0 Å². The van der Waals surface area contributed by atoms with E-state index in [4.69, 9.17) is 9.47 Å². The van der Waals surface area contributed by atoms with Crippen molar-refractivity contribution < 1.29 is 23.9 Å². The molecule has 0 aliphatic carbocycles. The number of anilines is 1. The highest BCUT2D eigenvalue weighted by molar-refractivity contribution is 6.24. The van der Waals surface area contributed by atoms with Gasteiger partial charge in [-0.2, -0.15) is 0 Å². The number of hydrogen-bond donors (Lipinski definition) is 2. The Morgan fingerprint density at radius 1 is 0.973 bits per heavy atom. The number of nitrogens with zero attached hydrogens (tertiary/aromatic N) is 4. The molecule has 186 valence electrons. The Kier molecular flexibility index (Phi) is 5.52. The number of nitrogens with one attached hydrogen (secondary N) is 2. The van der Waals surface area contributed by atoms with E-state index in [1.807, 2.05) is 30.3 Å². The molecule has 1 spiro atoms. The van der Waals surface area contributed by atoms with Crippen LogP contribution in [0.15, 0.2) is 72.0 Å². The lowest BCUT2D eigenvalue weighted by Crippen LogP contribution is -2.71. The molecule has 2 aromatic heterocycles. The van der Waals surface area contributed by atoms with E-state index in [0.29, 0.717) is 49.2 Å². The van der Waals surface area contributed by atoms with Crippen molar-refractivity contribution in [2.24, 2.45) is 4.99 Å². The third-order valence-corrected chi connectivity index (χ3v) is 6.62. The van der Waals surface area contributed by atoms with Gasteiger partial charge in [0.25, 0.3) is 11.8 Å². The zero-order valence-corrected chi connectivity index (χ0v) is 19.6. The Morgan fingerprint density at radius 3 is 2.49 bits per heavy atom. The van der Waals surface area contributed by atoms with Gasteiger partial charge in [0.1, 0.15) is 18.4 Å². The number of hydrogen-bond acceptors (Lipinski definition) is 9. The van der Waals surface area contributed by atoms with Crippen molar-refractivity contribution in [1.29, 1.82) is 0 Å². The molecule has 2 saturated heterocycles. The number of aromatic nitrogens is 2. The topological polar surface area (TPSA) is 135 Å². The van der Waals surface area contributed by atoms with Crippen molar-refractivity contribution in [3.63, 3.8) is 0 Å². The fourth-order valence-electron chi connectivity index (χ4n) is 4.82. The minimum Gasteiger partial charge on any atom is -0.475 e. The molecule has 3 aliphatic rings. The molecule has 11 nitrogen and oxygen atoms in total. The molecule has 11 heteroatoms. The standard InChI is InChI=1S/C26H22N6O5/c33-23-26(24(34)31-25(35)30-23)11-3-13-32(26)17-7-10-21(28-14-17)37-18-8-5-16(6-9-18)22-29-20(15-36-22)19-4-1-2-12-27-19/h1-2,4-10,12,14,20H,3,11,13,15H2,(H2,30,31,33,34,35). The van der Waals surface area contributed by atoms with Crippen molar-refractivity contribution in [3.05, 3.63) is 78.2 Å². The van der Waals surface area contributed by atoms with Crippen LogP contribution < -0.4 is 20.3 Å². The second-order valence-electron chi connectivity index (χ2n) is 8.85. The monoisotopic (exact) mass is 498 g/mol. The van der Waals surface area contributed by atoms with Gasteiger partial charge in [-0.1, -0.05) is 6.07 Å². The molecule has 1 atom stereocenters. The Bertz CT molecular complexity index is 1370. The van der Waals surface area contributed by atoms with Gasteiger partial charge < -0.3 is 14.4 Å². The predicted octanol–water partition coefficient (Wildman–Crippen LogP) is 2.49. The molecule has 3 aromatic rings. The van der Waals surface area contributed by atoms with Crippen LogP contribution in [-0.4, -0.2) is 52.4 Å². The first-order chi connectivity index (χ1) is 18.0. The Labute approximate surface area is 211 Å². The highest BCUT2D eigenvalue weighted by atomic mass is 16.5. The van der Waals surface area contributed by atoms with Gasteiger partial charge in [0.05, 0.1) is 17.6 Å². The molecule has 1 aromatic carbocycles. The highest BCUT2D eigenvalue weighted by Gasteiger charge is 2.57. The summed E-state index contributed by atoms with van der Waals surface area (Å²) in [4.78, 5) is 51.8. The van der Waals surface area contributed by atoms with Gasteiger partial charge in [0, 0.05) is 24.4 Å². The number of pyridine rings is 2. The maximum atomic E-state index is 12.6. The summed E-state index contributed by atoms with van der Waals surface area (Å²) < 4.78 is 11.6. The lowest BCUT2D eigenvalue weighted by Gasteiger charge is -2.38. The fraction of sp³-hybridized carbons (Fsp3) is 0.231. The van der Waals surface area contributed by atoms with E-state index in [0.717, 1.165) is 11.3 Å². The van der Waals surface area contributed by atoms with Crippen molar-refractivity contribution in [3.8, 4) is 11.6 Å². The summed E-state index contributed by atoms with van der Waals surface area (Å²) in [5.74, 6) is 0.234. The smallest absolute Gasteiger partial charge is 0.328 e. The number of imide groups is 2. The van der Waals surface area contributed by atoms with E-state index < -0.39 is 23.4 Å². The zero-order valence-electron chi connectivity index (χ0n) is 19.6. The van der Waals surface area contributed by atoms with Gasteiger partial charge >= 0.3 is 6.03 Å². The lowest BCUT2D eigenvalue weighted by atomic mass is 9.92. The Morgan fingerprint density at radius 2 is 1.78 bits per heavy atom. The molecule has 4 amide bonds. The molecule has 6 rings (SSSR count). The average Bonchev–Trinajstić information content (AvgIpc) is 3.58. The molecule has 2 fully saturated rings. The highest BCUT2D eigenvalue weighted by Crippen LogP contribution is 2.36. The first-order valence-corrected chi connectivity index (χ1v) is 11.8. The summed E-state index contributed by atoms with van der Waals surface area (Å²) in [6.45, 7) is 0.921. The summed E-state index contributed by atoms with van der Waals surface area (Å²) in [5.41, 5.74) is 0.814. The number of benzene rings is 1. The molecule has 5 heterocycles. The number of carbonyl (C=O) groups is 3. The molecule has 37 heavy (non-hydrogen) atoms. The zero-order chi connectivity index (χ0) is 25.4. The van der Waals surface area contributed by atoms with Crippen LogP contribution in [-0.2, 0) is 14.3 Å². The number of ether oxygens (including phenoxy) is 2. The third-order valence-electron chi connectivity index (χ3n) is 6.62.